The van der Waals surface area contributed by atoms with Crippen molar-refractivity contribution in [2.75, 3.05) is 13.1 Å². The summed E-state index contributed by atoms with van der Waals surface area (Å²) < 4.78 is 1.94. The molecule has 2 heterocycles. The smallest absolute Gasteiger partial charge is 0.287 e. The number of carbonyl (C=O) groups excluding carboxylic acids is 2. The van der Waals surface area contributed by atoms with E-state index in [-0.39, 0.29) is 11.8 Å². The highest BCUT2D eigenvalue weighted by Crippen LogP contribution is 2.21. The topological polar surface area (TPSA) is 76.0 Å². The lowest BCUT2D eigenvalue weighted by Gasteiger charge is -2.17. The molecule has 1 aromatic carbocycles. The number of hydrogen-bond acceptors (Lipinski definition) is 3. The lowest BCUT2D eigenvalue weighted by molar-refractivity contribution is 0.0937. The maximum absolute atomic E-state index is 12.7. The third-order valence-corrected chi connectivity index (χ3v) is 5.12. The van der Waals surface area contributed by atoms with Crippen molar-refractivity contribution in [2.45, 2.75) is 58.4 Å². The SMILES string of the molecule is CCCCNC(=O)c1nc(C(=O)NCCCc2ccccc2)n2c1CCCC2. The first kappa shape index (κ1) is 20.1. The predicted molar refractivity (Wildman–Crippen MR) is 110 cm³/mol. The van der Waals surface area contributed by atoms with Crippen LogP contribution in [0.15, 0.2) is 30.3 Å². The Hall–Kier alpha value is -2.63. The van der Waals surface area contributed by atoms with Crippen LogP contribution in [0.4, 0.5) is 0 Å². The first-order chi connectivity index (χ1) is 13.7. The van der Waals surface area contributed by atoms with Crippen molar-refractivity contribution in [3.05, 3.63) is 53.1 Å². The van der Waals surface area contributed by atoms with Crippen molar-refractivity contribution < 1.29 is 9.59 Å². The van der Waals surface area contributed by atoms with Crippen LogP contribution in [0.2, 0.25) is 0 Å². The van der Waals surface area contributed by atoms with E-state index in [0.717, 1.165) is 57.2 Å². The first-order valence-electron chi connectivity index (χ1n) is 10.4. The molecule has 6 heteroatoms. The molecule has 1 aromatic heterocycles. The molecule has 0 radical (unpaired) electrons. The Morgan fingerprint density at radius 1 is 1.04 bits per heavy atom. The number of rotatable bonds is 9. The fourth-order valence-electron chi connectivity index (χ4n) is 3.58. The summed E-state index contributed by atoms with van der Waals surface area (Å²) >= 11 is 0. The molecule has 2 aromatic rings. The van der Waals surface area contributed by atoms with Gasteiger partial charge in [0.1, 0.15) is 5.69 Å². The third-order valence-electron chi connectivity index (χ3n) is 5.12. The van der Waals surface area contributed by atoms with Crippen LogP contribution in [0.1, 0.15) is 71.4 Å². The van der Waals surface area contributed by atoms with Crippen LogP contribution < -0.4 is 10.6 Å². The zero-order chi connectivity index (χ0) is 19.8. The average molecular weight is 383 g/mol. The standard InChI is InChI=1S/C22H30N4O2/c1-2-3-14-23-21(27)19-18-13-7-8-16-26(18)20(25-19)22(28)24-15-9-12-17-10-5-4-6-11-17/h4-6,10-11H,2-3,7-9,12-16H2,1H3,(H,23,27)(H,24,28). The lowest BCUT2D eigenvalue weighted by atomic mass is 10.1. The van der Waals surface area contributed by atoms with E-state index in [1.54, 1.807) is 0 Å². The second kappa shape index (κ2) is 10.1. The molecule has 0 aliphatic carbocycles. The Morgan fingerprint density at radius 3 is 2.57 bits per heavy atom. The van der Waals surface area contributed by atoms with Gasteiger partial charge in [0.05, 0.1) is 5.69 Å². The molecule has 0 atom stereocenters. The van der Waals surface area contributed by atoms with Crippen LogP contribution in [0.25, 0.3) is 0 Å². The van der Waals surface area contributed by atoms with Crippen LogP contribution in [0, 0.1) is 0 Å². The molecule has 0 saturated heterocycles. The second-order valence-corrected chi connectivity index (χ2v) is 7.29. The molecule has 2 N–H and O–H groups in total. The van der Waals surface area contributed by atoms with Gasteiger partial charge in [0, 0.05) is 19.6 Å². The summed E-state index contributed by atoms with van der Waals surface area (Å²) in [5.74, 6) is 0.0149. The number of benzene rings is 1. The van der Waals surface area contributed by atoms with Gasteiger partial charge < -0.3 is 15.2 Å². The molecule has 0 unspecified atom stereocenters. The summed E-state index contributed by atoms with van der Waals surface area (Å²) in [5.41, 5.74) is 2.58. The molecule has 0 saturated carbocycles. The molecule has 0 spiro atoms. The molecular weight excluding hydrogens is 352 g/mol. The van der Waals surface area contributed by atoms with E-state index in [0.29, 0.717) is 24.6 Å². The highest BCUT2D eigenvalue weighted by Gasteiger charge is 2.27. The Bertz CT molecular complexity index is 798. The number of fused-ring (bicyclic) bond motifs is 1. The third kappa shape index (κ3) is 5.00. The molecular formula is C22H30N4O2. The summed E-state index contributed by atoms with van der Waals surface area (Å²) in [6.07, 6.45) is 6.59. The second-order valence-electron chi connectivity index (χ2n) is 7.29. The summed E-state index contributed by atoms with van der Waals surface area (Å²) in [7, 11) is 0. The molecule has 0 fully saturated rings. The largest absolute Gasteiger partial charge is 0.351 e. The van der Waals surface area contributed by atoms with E-state index >= 15 is 0 Å². The number of aromatic nitrogens is 2. The maximum atomic E-state index is 12.7. The van der Waals surface area contributed by atoms with Crippen molar-refractivity contribution in [1.29, 1.82) is 0 Å². The Kier molecular flexibility index (Phi) is 7.23. The number of imidazole rings is 1. The number of aryl methyl sites for hydroxylation is 1. The fourth-order valence-corrected chi connectivity index (χ4v) is 3.58. The minimum Gasteiger partial charge on any atom is -0.351 e. The van der Waals surface area contributed by atoms with Gasteiger partial charge in [0.2, 0.25) is 0 Å². The van der Waals surface area contributed by atoms with E-state index in [1.165, 1.54) is 5.56 Å². The minimum atomic E-state index is -0.191. The van der Waals surface area contributed by atoms with Crippen molar-refractivity contribution in [2.24, 2.45) is 0 Å². The van der Waals surface area contributed by atoms with Crippen molar-refractivity contribution in [1.82, 2.24) is 20.2 Å². The predicted octanol–water partition coefficient (Wildman–Crippen LogP) is 3.11. The zero-order valence-corrected chi connectivity index (χ0v) is 16.7. The van der Waals surface area contributed by atoms with Crippen LogP contribution in [-0.4, -0.2) is 34.5 Å². The zero-order valence-electron chi connectivity index (χ0n) is 16.7. The summed E-state index contributed by atoms with van der Waals surface area (Å²) in [6, 6.07) is 10.2. The van der Waals surface area contributed by atoms with Crippen molar-refractivity contribution in [3.8, 4) is 0 Å². The number of carbonyl (C=O) groups is 2. The molecule has 2 amide bonds. The summed E-state index contributed by atoms with van der Waals surface area (Å²) in [5, 5.41) is 5.90. The number of amides is 2. The van der Waals surface area contributed by atoms with Gasteiger partial charge in [0.25, 0.3) is 11.8 Å². The molecule has 3 rings (SSSR count). The molecule has 28 heavy (non-hydrogen) atoms. The van der Waals surface area contributed by atoms with Gasteiger partial charge in [-0.3, -0.25) is 9.59 Å². The van der Waals surface area contributed by atoms with Gasteiger partial charge in [0.15, 0.2) is 5.82 Å². The van der Waals surface area contributed by atoms with Crippen LogP contribution >= 0.6 is 0 Å². The quantitative estimate of drug-likeness (QED) is 0.654. The number of hydrogen-bond donors (Lipinski definition) is 2. The van der Waals surface area contributed by atoms with Gasteiger partial charge in [-0.05, 0) is 44.1 Å². The summed E-state index contributed by atoms with van der Waals surface area (Å²) in [4.78, 5) is 29.7. The Balaban J connectivity index is 1.62. The van der Waals surface area contributed by atoms with E-state index in [1.807, 2.05) is 22.8 Å². The van der Waals surface area contributed by atoms with E-state index in [9.17, 15) is 9.59 Å². The first-order valence-corrected chi connectivity index (χ1v) is 10.4. The maximum Gasteiger partial charge on any atom is 0.287 e. The monoisotopic (exact) mass is 382 g/mol. The number of unbranched alkanes of at least 4 members (excludes halogenated alkanes) is 1. The minimum absolute atomic E-state index is 0.165. The number of nitrogens with zero attached hydrogens (tertiary/aromatic N) is 2. The summed E-state index contributed by atoms with van der Waals surface area (Å²) in [6.45, 7) is 4.07. The molecule has 150 valence electrons. The Morgan fingerprint density at radius 2 is 1.79 bits per heavy atom. The van der Waals surface area contributed by atoms with Gasteiger partial charge in [-0.1, -0.05) is 43.7 Å². The Labute approximate surface area is 166 Å². The molecule has 1 aliphatic rings. The fraction of sp³-hybridized carbons (Fsp3) is 0.500. The van der Waals surface area contributed by atoms with Gasteiger partial charge >= 0.3 is 0 Å². The van der Waals surface area contributed by atoms with Crippen molar-refractivity contribution >= 4 is 11.8 Å². The van der Waals surface area contributed by atoms with Crippen LogP contribution in [-0.2, 0) is 19.4 Å². The van der Waals surface area contributed by atoms with Crippen molar-refractivity contribution in [3.63, 3.8) is 0 Å². The highest BCUT2D eigenvalue weighted by atomic mass is 16.2. The highest BCUT2D eigenvalue weighted by molar-refractivity contribution is 5.97. The van der Waals surface area contributed by atoms with E-state index in [4.69, 9.17) is 0 Å². The van der Waals surface area contributed by atoms with Crippen LogP contribution in [0.3, 0.4) is 0 Å². The van der Waals surface area contributed by atoms with Gasteiger partial charge in [-0.15, -0.1) is 0 Å². The van der Waals surface area contributed by atoms with E-state index in [2.05, 4.69) is 34.7 Å². The van der Waals surface area contributed by atoms with E-state index < -0.39 is 0 Å². The lowest BCUT2D eigenvalue weighted by Crippen LogP contribution is -2.29. The normalized spacial score (nSPS) is 13.0. The molecule has 0 bridgehead atoms. The van der Waals surface area contributed by atoms with Gasteiger partial charge in [-0.2, -0.15) is 0 Å². The number of nitrogens with one attached hydrogen (secondary N) is 2. The van der Waals surface area contributed by atoms with Crippen LogP contribution in [0.5, 0.6) is 0 Å². The molecule has 1 aliphatic heterocycles. The average Bonchev–Trinajstić information content (AvgIpc) is 3.12. The van der Waals surface area contributed by atoms with Gasteiger partial charge in [-0.25, -0.2) is 4.98 Å². The molecule has 6 nitrogen and oxygen atoms in total.